The van der Waals surface area contributed by atoms with E-state index in [0.717, 1.165) is 34.5 Å². The first-order valence-electron chi connectivity index (χ1n) is 10.2. The number of thiocarbonyl (C=S) groups is 1. The molecule has 0 fully saturated rings. The summed E-state index contributed by atoms with van der Waals surface area (Å²) >= 11 is 7.21. The quantitative estimate of drug-likeness (QED) is 0.372. The number of ether oxygens (including phenoxy) is 1. The van der Waals surface area contributed by atoms with Gasteiger partial charge < -0.3 is 15.0 Å². The first kappa shape index (κ1) is 21.5. The molecule has 0 aliphatic carbocycles. The second kappa shape index (κ2) is 9.16. The Morgan fingerprint density at radius 3 is 2.77 bits per heavy atom. The Balaban J connectivity index is 1.68. The van der Waals surface area contributed by atoms with E-state index in [9.17, 15) is 9.18 Å². The maximum absolute atomic E-state index is 13.7. The lowest BCUT2D eigenvalue weighted by Crippen LogP contribution is -2.44. The summed E-state index contributed by atoms with van der Waals surface area (Å²) in [6.07, 6.45) is 1.67. The lowest BCUT2D eigenvalue weighted by Gasteiger charge is -2.37. The van der Waals surface area contributed by atoms with E-state index in [4.69, 9.17) is 17.0 Å². The van der Waals surface area contributed by atoms with Gasteiger partial charge in [-0.05, 0) is 74.3 Å². The fourth-order valence-corrected chi connectivity index (χ4v) is 5.27. The number of esters is 1. The smallest absolute Gasteiger partial charge is 0.341 e. The van der Waals surface area contributed by atoms with Gasteiger partial charge in [-0.2, -0.15) is 0 Å². The van der Waals surface area contributed by atoms with Gasteiger partial charge in [-0.25, -0.2) is 9.18 Å². The average Bonchev–Trinajstić information content (AvgIpc) is 3.18. The molecule has 3 aromatic rings. The van der Waals surface area contributed by atoms with Gasteiger partial charge in [0.1, 0.15) is 10.8 Å². The maximum atomic E-state index is 13.7. The van der Waals surface area contributed by atoms with Gasteiger partial charge >= 0.3 is 5.97 Å². The molecule has 2 aromatic carbocycles. The molecule has 160 valence electrons. The second-order valence-electron chi connectivity index (χ2n) is 7.40. The lowest BCUT2D eigenvalue weighted by molar-refractivity contribution is 0.0528. The average molecular weight is 455 g/mol. The van der Waals surface area contributed by atoms with Crippen molar-refractivity contribution in [1.29, 1.82) is 0 Å². The van der Waals surface area contributed by atoms with Crippen LogP contribution < -0.4 is 10.2 Å². The van der Waals surface area contributed by atoms with Crippen molar-refractivity contribution in [3.8, 4) is 10.4 Å². The number of fused-ring (bicyclic) bond motifs is 1. The van der Waals surface area contributed by atoms with Crippen molar-refractivity contribution >= 4 is 45.3 Å². The second-order valence-corrected chi connectivity index (χ2v) is 8.84. The minimum absolute atomic E-state index is 0.151. The van der Waals surface area contributed by atoms with Crippen LogP contribution in [0.3, 0.4) is 0 Å². The van der Waals surface area contributed by atoms with E-state index in [1.165, 1.54) is 17.4 Å². The fraction of sp³-hybridized carbons (Fsp3) is 0.250. The summed E-state index contributed by atoms with van der Waals surface area (Å²) in [5, 5.41) is 4.40. The van der Waals surface area contributed by atoms with Gasteiger partial charge in [0, 0.05) is 16.6 Å². The van der Waals surface area contributed by atoms with Crippen molar-refractivity contribution in [3.63, 3.8) is 0 Å². The topological polar surface area (TPSA) is 41.6 Å². The first-order valence-corrected chi connectivity index (χ1v) is 11.5. The zero-order chi connectivity index (χ0) is 22.0. The Hall–Kier alpha value is -2.77. The normalized spacial score (nSPS) is 15.3. The molecule has 1 aliphatic rings. The van der Waals surface area contributed by atoms with Crippen LogP contribution in [0, 0.1) is 5.82 Å². The van der Waals surface area contributed by atoms with E-state index >= 15 is 0 Å². The van der Waals surface area contributed by atoms with Crippen LogP contribution in [0.1, 0.15) is 36.2 Å². The van der Waals surface area contributed by atoms with E-state index < -0.39 is 0 Å². The number of halogens is 1. The highest BCUT2D eigenvalue weighted by atomic mass is 32.1. The zero-order valence-corrected chi connectivity index (χ0v) is 19.0. The molecule has 4 rings (SSSR count). The van der Waals surface area contributed by atoms with E-state index in [0.29, 0.717) is 22.3 Å². The van der Waals surface area contributed by atoms with Gasteiger partial charge in [-0.1, -0.05) is 30.3 Å². The number of rotatable bonds is 4. The predicted molar refractivity (Wildman–Crippen MR) is 129 cm³/mol. The summed E-state index contributed by atoms with van der Waals surface area (Å²) in [5.41, 5.74) is 3.31. The van der Waals surface area contributed by atoms with Crippen molar-refractivity contribution in [2.24, 2.45) is 0 Å². The van der Waals surface area contributed by atoms with E-state index in [-0.39, 0.29) is 17.8 Å². The van der Waals surface area contributed by atoms with Crippen LogP contribution in [0.15, 0.2) is 54.6 Å². The van der Waals surface area contributed by atoms with Crippen LogP contribution in [0.25, 0.3) is 10.4 Å². The third-order valence-corrected chi connectivity index (χ3v) is 6.70. The summed E-state index contributed by atoms with van der Waals surface area (Å²) < 4.78 is 19.0. The Bertz CT molecular complexity index is 1110. The Morgan fingerprint density at radius 2 is 2.03 bits per heavy atom. The molecule has 1 atom stereocenters. The highest BCUT2D eigenvalue weighted by Crippen LogP contribution is 2.37. The minimum Gasteiger partial charge on any atom is -0.462 e. The summed E-state index contributed by atoms with van der Waals surface area (Å²) in [4.78, 5) is 15.6. The van der Waals surface area contributed by atoms with Crippen LogP contribution in [0.5, 0.6) is 0 Å². The van der Waals surface area contributed by atoms with Crippen LogP contribution in [-0.2, 0) is 11.2 Å². The molecule has 1 unspecified atom stereocenters. The van der Waals surface area contributed by atoms with Gasteiger partial charge in [-0.3, -0.25) is 0 Å². The number of carbonyl (C=O) groups excluding carboxylic acids is 1. The fourth-order valence-electron chi connectivity index (χ4n) is 3.78. The van der Waals surface area contributed by atoms with Gasteiger partial charge in [-0.15, -0.1) is 11.3 Å². The van der Waals surface area contributed by atoms with Crippen molar-refractivity contribution < 1.29 is 13.9 Å². The molecule has 0 saturated heterocycles. The van der Waals surface area contributed by atoms with Gasteiger partial charge in [0.15, 0.2) is 5.11 Å². The number of hydrogen-bond donors (Lipinski definition) is 1. The molecule has 1 aliphatic heterocycles. The summed E-state index contributed by atoms with van der Waals surface area (Å²) in [6.45, 7) is 4.17. The number of nitrogens with one attached hydrogen (secondary N) is 1. The molecule has 31 heavy (non-hydrogen) atoms. The molecule has 1 N–H and O–H groups in total. The molecule has 0 amide bonds. The van der Waals surface area contributed by atoms with Crippen LogP contribution >= 0.6 is 23.6 Å². The molecule has 0 saturated carbocycles. The molecule has 0 spiro atoms. The van der Waals surface area contributed by atoms with E-state index in [2.05, 4.69) is 12.2 Å². The molecular weight excluding hydrogens is 431 g/mol. The monoisotopic (exact) mass is 454 g/mol. The van der Waals surface area contributed by atoms with Crippen molar-refractivity contribution in [2.45, 2.75) is 32.7 Å². The van der Waals surface area contributed by atoms with Crippen LogP contribution in [-0.4, -0.2) is 23.7 Å². The molecular formula is C24H23FN2O2S2. The van der Waals surface area contributed by atoms with E-state index in [1.54, 1.807) is 19.1 Å². The summed E-state index contributed by atoms with van der Waals surface area (Å²) in [5.74, 6) is -0.636. The van der Waals surface area contributed by atoms with Crippen molar-refractivity contribution in [3.05, 3.63) is 71.5 Å². The molecule has 0 radical (unpaired) electrons. The highest BCUT2D eigenvalue weighted by molar-refractivity contribution is 7.80. The first-order chi connectivity index (χ1) is 15.0. The number of benzene rings is 2. The highest BCUT2D eigenvalue weighted by Gasteiger charge is 2.28. The Morgan fingerprint density at radius 1 is 1.26 bits per heavy atom. The van der Waals surface area contributed by atoms with Gasteiger partial charge in [0.25, 0.3) is 0 Å². The third kappa shape index (κ3) is 4.48. The SMILES string of the molecule is CCOC(=O)c1cc(-c2ccccc2)sc1NC(=S)N1c2ccc(F)cc2CCC1C. The minimum atomic E-state index is -0.389. The predicted octanol–water partition coefficient (Wildman–Crippen LogP) is 6.27. The molecule has 7 heteroatoms. The number of hydrogen-bond acceptors (Lipinski definition) is 4. The number of nitrogens with zero attached hydrogens (tertiary/aromatic N) is 1. The third-order valence-electron chi connectivity index (χ3n) is 5.30. The Labute approximate surface area is 190 Å². The lowest BCUT2D eigenvalue weighted by atomic mass is 9.97. The zero-order valence-electron chi connectivity index (χ0n) is 17.4. The summed E-state index contributed by atoms with van der Waals surface area (Å²) in [7, 11) is 0. The maximum Gasteiger partial charge on any atom is 0.341 e. The number of anilines is 2. The number of carbonyl (C=O) groups is 1. The van der Waals surface area contributed by atoms with Crippen LogP contribution in [0.4, 0.5) is 15.1 Å². The van der Waals surface area contributed by atoms with Crippen molar-refractivity contribution in [2.75, 3.05) is 16.8 Å². The molecule has 4 nitrogen and oxygen atoms in total. The standard InChI is InChI=1S/C24H23FN2O2S2/c1-3-29-23(28)19-14-21(16-7-5-4-6-8-16)31-22(19)26-24(30)27-15(2)9-10-17-13-18(25)11-12-20(17)27/h4-8,11-15H,3,9-10H2,1-2H3,(H,26,30). The molecule has 1 aromatic heterocycles. The van der Waals surface area contributed by atoms with Crippen LogP contribution in [0.2, 0.25) is 0 Å². The number of aryl methyl sites for hydroxylation is 1. The van der Waals surface area contributed by atoms with E-state index in [1.807, 2.05) is 41.3 Å². The molecule has 0 bridgehead atoms. The van der Waals surface area contributed by atoms with Crippen molar-refractivity contribution in [1.82, 2.24) is 0 Å². The molecule has 2 heterocycles. The van der Waals surface area contributed by atoms with Gasteiger partial charge in [0.2, 0.25) is 0 Å². The number of thiophene rings is 1. The Kier molecular flexibility index (Phi) is 6.34. The largest absolute Gasteiger partial charge is 0.462 e. The summed E-state index contributed by atoms with van der Waals surface area (Å²) in [6, 6.07) is 16.7. The van der Waals surface area contributed by atoms with Gasteiger partial charge in [0.05, 0.1) is 12.2 Å².